The molecule has 1 unspecified atom stereocenters. The Labute approximate surface area is 185 Å². The lowest BCUT2D eigenvalue weighted by atomic mass is 9.89. The van der Waals surface area contributed by atoms with Gasteiger partial charge in [-0.05, 0) is 42.9 Å². The SMILES string of the molecule is CC(NC(=O)c1[nH]c(=O)[nH]c(=O)c1N)c1cccc(-c2cnn(CC3CCCCC3)c2)c1. The van der Waals surface area contributed by atoms with E-state index in [-0.39, 0.29) is 17.4 Å². The molecule has 0 aliphatic heterocycles. The van der Waals surface area contributed by atoms with Gasteiger partial charge in [0.2, 0.25) is 0 Å². The quantitative estimate of drug-likeness (QED) is 0.470. The fourth-order valence-electron chi connectivity index (χ4n) is 4.26. The maximum atomic E-state index is 12.6. The normalized spacial score (nSPS) is 15.4. The molecule has 1 aliphatic rings. The van der Waals surface area contributed by atoms with Crippen molar-refractivity contribution in [1.82, 2.24) is 25.1 Å². The first kappa shape index (κ1) is 21.6. The van der Waals surface area contributed by atoms with Crippen molar-refractivity contribution >= 4 is 11.6 Å². The first-order valence-electron chi connectivity index (χ1n) is 11.0. The third kappa shape index (κ3) is 4.82. The van der Waals surface area contributed by atoms with E-state index in [1.165, 1.54) is 32.1 Å². The van der Waals surface area contributed by atoms with E-state index in [2.05, 4.69) is 21.6 Å². The fraction of sp³-hybridized carbons (Fsp3) is 0.391. The summed E-state index contributed by atoms with van der Waals surface area (Å²) in [7, 11) is 0. The van der Waals surface area contributed by atoms with Crippen molar-refractivity contribution in [1.29, 1.82) is 0 Å². The summed E-state index contributed by atoms with van der Waals surface area (Å²) in [6.45, 7) is 2.77. The van der Waals surface area contributed by atoms with E-state index in [0.717, 1.165) is 23.2 Å². The third-order valence-electron chi connectivity index (χ3n) is 6.08. The number of nitrogens with two attached hydrogens (primary N) is 1. The van der Waals surface area contributed by atoms with Gasteiger partial charge in [-0.3, -0.25) is 19.3 Å². The molecule has 3 aromatic rings. The number of nitrogens with one attached hydrogen (secondary N) is 3. The molecule has 168 valence electrons. The molecular formula is C23H28N6O3. The van der Waals surface area contributed by atoms with Crippen LogP contribution in [0.2, 0.25) is 0 Å². The van der Waals surface area contributed by atoms with Crippen molar-refractivity contribution in [2.24, 2.45) is 5.92 Å². The number of benzene rings is 1. The van der Waals surface area contributed by atoms with Gasteiger partial charge in [-0.15, -0.1) is 0 Å². The first-order chi connectivity index (χ1) is 15.4. The average Bonchev–Trinajstić information content (AvgIpc) is 3.25. The molecule has 9 nitrogen and oxygen atoms in total. The van der Waals surface area contributed by atoms with Crippen LogP contribution < -0.4 is 22.3 Å². The topological polar surface area (TPSA) is 139 Å². The van der Waals surface area contributed by atoms with Crippen molar-refractivity contribution < 1.29 is 4.79 Å². The Morgan fingerprint density at radius 1 is 1.22 bits per heavy atom. The standard InChI is InChI=1S/C23H28N6O3/c1-14(26-22(31)20-19(24)21(30)28-23(32)27-20)16-8-5-9-17(10-16)18-11-25-29(13-18)12-15-6-3-2-4-7-15/h5,8-11,13-15H,2-4,6-7,12,24H2,1H3,(H,26,31)(H2,27,28,30,32). The van der Waals surface area contributed by atoms with Gasteiger partial charge in [-0.1, -0.05) is 37.5 Å². The second-order valence-electron chi connectivity index (χ2n) is 8.47. The van der Waals surface area contributed by atoms with Crippen molar-refractivity contribution in [2.75, 3.05) is 5.73 Å². The molecule has 1 aliphatic carbocycles. The Morgan fingerprint density at radius 2 is 2.00 bits per heavy atom. The van der Waals surface area contributed by atoms with E-state index in [1.54, 1.807) is 0 Å². The number of rotatable bonds is 6. The van der Waals surface area contributed by atoms with Crippen LogP contribution in [0, 0.1) is 5.92 Å². The molecule has 1 fully saturated rings. The Kier molecular flexibility index (Phi) is 6.25. The van der Waals surface area contributed by atoms with Crippen LogP contribution >= 0.6 is 0 Å². The van der Waals surface area contributed by atoms with Gasteiger partial charge in [-0.25, -0.2) is 4.79 Å². The summed E-state index contributed by atoms with van der Waals surface area (Å²) >= 11 is 0. The summed E-state index contributed by atoms with van der Waals surface area (Å²) in [5.41, 5.74) is 6.40. The van der Waals surface area contributed by atoms with Crippen LogP contribution in [0.3, 0.4) is 0 Å². The molecule has 2 aromatic heterocycles. The summed E-state index contributed by atoms with van der Waals surface area (Å²) in [5.74, 6) is 0.0751. The monoisotopic (exact) mass is 436 g/mol. The zero-order valence-electron chi connectivity index (χ0n) is 18.1. The lowest BCUT2D eigenvalue weighted by Crippen LogP contribution is -2.34. The number of hydrogen-bond acceptors (Lipinski definition) is 5. The maximum absolute atomic E-state index is 12.6. The highest BCUT2D eigenvalue weighted by atomic mass is 16.2. The Bertz CT molecular complexity index is 1220. The maximum Gasteiger partial charge on any atom is 0.326 e. The van der Waals surface area contributed by atoms with Crippen LogP contribution in [0.1, 0.15) is 61.1 Å². The summed E-state index contributed by atoms with van der Waals surface area (Å²) in [5, 5.41) is 7.33. The number of H-pyrrole nitrogens is 2. The smallest absolute Gasteiger partial charge is 0.326 e. The van der Waals surface area contributed by atoms with Gasteiger partial charge >= 0.3 is 5.69 Å². The molecule has 1 amide bonds. The molecule has 32 heavy (non-hydrogen) atoms. The van der Waals surface area contributed by atoms with Crippen molar-refractivity contribution in [2.45, 2.75) is 51.6 Å². The molecular weight excluding hydrogens is 408 g/mol. The molecule has 1 atom stereocenters. The van der Waals surface area contributed by atoms with Crippen LogP contribution in [-0.2, 0) is 6.54 Å². The number of nitrogens with zero attached hydrogens (tertiary/aromatic N) is 2. The van der Waals surface area contributed by atoms with E-state index in [4.69, 9.17) is 5.73 Å². The summed E-state index contributed by atoms with van der Waals surface area (Å²) in [6, 6.07) is 7.46. The number of carbonyl (C=O) groups is 1. The minimum absolute atomic E-state index is 0.245. The molecule has 0 bridgehead atoms. The number of carbonyl (C=O) groups excluding carboxylic acids is 1. The highest BCUT2D eigenvalue weighted by Crippen LogP contribution is 2.27. The number of amides is 1. The molecule has 1 aromatic carbocycles. The zero-order valence-corrected chi connectivity index (χ0v) is 18.1. The van der Waals surface area contributed by atoms with Crippen molar-refractivity contribution in [3.63, 3.8) is 0 Å². The van der Waals surface area contributed by atoms with Gasteiger partial charge in [0, 0.05) is 18.3 Å². The molecule has 1 saturated carbocycles. The van der Waals surface area contributed by atoms with Crippen LogP contribution in [0.15, 0.2) is 46.2 Å². The number of anilines is 1. The summed E-state index contributed by atoms with van der Waals surface area (Å²) < 4.78 is 2.02. The van der Waals surface area contributed by atoms with Gasteiger partial charge in [-0.2, -0.15) is 5.10 Å². The van der Waals surface area contributed by atoms with E-state index in [0.29, 0.717) is 5.92 Å². The molecule has 2 heterocycles. The van der Waals surface area contributed by atoms with E-state index < -0.39 is 17.2 Å². The van der Waals surface area contributed by atoms with Gasteiger partial charge in [0.25, 0.3) is 11.5 Å². The van der Waals surface area contributed by atoms with Gasteiger partial charge in [0.1, 0.15) is 11.4 Å². The van der Waals surface area contributed by atoms with E-state index in [9.17, 15) is 14.4 Å². The molecule has 9 heteroatoms. The minimum Gasteiger partial charge on any atom is -0.392 e. The largest absolute Gasteiger partial charge is 0.392 e. The van der Waals surface area contributed by atoms with Crippen LogP contribution in [0.4, 0.5) is 5.69 Å². The van der Waals surface area contributed by atoms with Crippen molar-refractivity contribution in [3.05, 3.63) is 68.8 Å². The van der Waals surface area contributed by atoms with Crippen molar-refractivity contribution in [3.8, 4) is 11.1 Å². The number of hydrogen-bond donors (Lipinski definition) is 4. The predicted molar refractivity (Wildman–Crippen MR) is 122 cm³/mol. The Balaban J connectivity index is 1.47. The van der Waals surface area contributed by atoms with Crippen LogP contribution in [0.25, 0.3) is 11.1 Å². The van der Waals surface area contributed by atoms with Gasteiger partial charge in [0.05, 0.1) is 12.2 Å². The lowest BCUT2D eigenvalue weighted by Gasteiger charge is -2.21. The Hall–Kier alpha value is -3.62. The molecule has 0 radical (unpaired) electrons. The first-order valence-corrected chi connectivity index (χ1v) is 11.0. The molecule has 0 spiro atoms. The summed E-state index contributed by atoms with van der Waals surface area (Å²) in [4.78, 5) is 40.0. The fourth-order valence-corrected chi connectivity index (χ4v) is 4.26. The number of nitrogen functional groups attached to an aromatic ring is 1. The average molecular weight is 437 g/mol. The molecule has 5 N–H and O–H groups in total. The molecule has 4 rings (SSSR count). The van der Waals surface area contributed by atoms with Gasteiger partial charge in [0.15, 0.2) is 0 Å². The minimum atomic E-state index is -0.793. The van der Waals surface area contributed by atoms with Crippen LogP contribution in [0.5, 0.6) is 0 Å². The summed E-state index contributed by atoms with van der Waals surface area (Å²) in [6.07, 6.45) is 10.4. The van der Waals surface area contributed by atoms with Crippen LogP contribution in [-0.4, -0.2) is 25.7 Å². The van der Waals surface area contributed by atoms with E-state index in [1.807, 2.05) is 47.1 Å². The number of aromatic amines is 2. The lowest BCUT2D eigenvalue weighted by molar-refractivity contribution is 0.0935. The second kappa shape index (κ2) is 9.25. The highest BCUT2D eigenvalue weighted by molar-refractivity contribution is 5.97. The highest BCUT2D eigenvalue weighted by Gasteiger charge is 2.18. The number of aromatic nitrogens is 4. The van der Waals surface area contributed by atoms with E-state index >= 15 is 0 Å². The van der Waals surface area contributed by atoms with Gasteiger partial charge < -0.3 is 16.0 Å². The zero-order chi connectivity index (χ0) is 22.7. The Morgan fingerprint density at radius 3 is 2.78 bits per heavy atom. The third-order valence-corrected chi connectivity index (χ3v) is 6.08. The predicted octanol–water partition coefficient (Wildman–Crippen LogP) is 2.58. The second-order valence-corrected chi connectivity index (χ2v) is 8.47. The molecule has 0 saturated heterocycles.